The lowest BCUT2D eigenvalue weighted by atomic mass is 9.85. The minimum Gasteiger partial charge on any atom is -0.496 e. The number of ether oxygens (including phenoxy) is 2. The first kappa shape index (κ1) is 24.8. The molecule has 0 amide bonds. The normalized spacial score (nSPS) is 15.2. The van der Waals surface area contributed by atoms with Crippen LogP contribution < -0.4 is 4.74 Å². The van der Waals surface area contributed by atoms with Gasteiger partial charge in [-0.3, -0.25) is 9.69 Å². The fourth-order valence-corrected chi connectivity index (χ4v) is 4.72. The summed E-state index contributed by atoms with van der Waals surface area (Å²) in [7, 11) is 1.70. The minimum atomic E-state index is -0.882. The van der Waals surface area contributed by atoms with Crippen molar-refractivity contribution in [3.05, 3.63) is 64.7 Å². The Hall–Kier alpha value is -2.86. The number of esters is 1. The summed E-state index contributed by atoms with van der Waals surface area (Å²) in [4.78, 5) is 25.7. The van der Waals surface area contributed by atoms with Gasteiger partial charge in [-0.25, -0.2) is 4.79 Å². The van der Waals surface area contributed by atoms with Crippen molar-refractivity contribution in [2.45, 2.75) is 57.9 Å². The molecule has 1 N–H and O–H groups in total. The zero-order valence-corrected chi connectivity index (χ0v) is 19.7. The fourth-order valence-electron chi connectivity index (χ4n) is 4.72. The fraction of sp³-hybridized carbons (Fsp3) is 0.481. The van der Waals surface area contributed by atoms with Crippen molar-refractivity contribution in [1.29, 1.82) is 0 Å². The van der Waals surface area contributed by atoms with Crippen LogP contribution in [0.4, 0.5) is 0 Å². The minimum absolute atomic E-state index is 0.137. The number of hydrogen-bond acceptors (Lipinski definition) is 5. The van der Waals surface area contributed by atoms with Gasteiger partial charge in [0.1, 0.15) is 5.75 Å². The molecule has 2 aromatic carbocycles. The molecule has 0 aromatic heterocycles. The molecule has 1 atom stereocenters. The van der Waals surface area contributed by atoms with E-state index in [0.717, 1.165) is 62.9 Å². The number of aryl methyl sites for hydroxylation is 1. The summed E-state index contributed by atoms with van der Waals surface area (Å²) in [5.74, 6) is -0.121. The number of carboxylic acids is 1. The first-order valence-corrected chi connectivity index (χ1v) is 11.9. The number of aromatic carboxylic acids is 1. The van der Waals surface area contributed by atoms with Crippen molar-refractivity contribution in [3.8, 4) is 5.75 Å². The molecule has 0 fully saturated rings. The van der Waals surface area contributed by atoms with Gasteiger partial charge in [-0.05, 0) is 86.9 Å². The monoisotopic (exact) mass is 453 g/mol. The molecule has 0 saturated heterocycles. The molecule has 0 saturated carbocycles. The zero-order valence-electron chi connectivity index (χ0n) is 19.7. The largest absolute Gasteiger partial charge is 0.496 e. The van der Waals surface area contributed by atoms with Crippen LogP contribution in [0.1, 0.15) is 72.1 Å². The number of carbonyl (C=O) groups excluding carboxylic acids is 1. The van der Waals surface area contributed by atoms with Gasteiger partial charge in [0.15, 0.2) is 0 Å². The number of para-hydroxylation sites is 1. The second kappa shape index (κ2) is 12.4. The average molecular weight is 454 g/mol. The lowest BCUT2D eigenvalue weighted by Crippen LogP contribution is -2.34. The van der Waals surface area contributed by atoms with Gasteiger partial charge in [-0.15, -0.1) is 0 Å². The van der Waals surface area contributed by atoms with Crippen LogP contribution >= 0.6 is 0 Å². The van der Waals surface area contributed by atoms with Gasteiger partial charge in [0.2, 0.25) is 0 Å². The third-order valence-electron chi connectivity index (χ3n) is 6.36. The Labute approximate surface area is 196 Å². The number of methoxy groups -OCH3 is 1. The van der Waals surface area contributed by atoms with E-state index < -0.39 is 5.97 Å². The van der Waals surface area contributed by atoms with Crippen LogP contribution in [0.5, 0.6) is 5.75 Å². The summed E-state index contributed by atoms with van der Waals surface area (Å²) >= 11 is 0. The number of fused-ring (bicyclic) bond motifs is 1. The van der Waals surface area contributed by atoms with Gasteiger partial charge in [-0.1, -0.05) is 24.3 Å². The van der Waals surface area contributed by atoms with Crippen molar-refractivity contribution in [2.24, 2.45) is 0 Å². The van der Waals surface area contributed by atoms with Crippen LogP contribution in [0.15, 0.2) is 42.5 Å². The summed E-state index contributed by atoms with van der Waals surface area (Å²) < 4.78 is 10.6. The Balaban J connectivity index is 1.75. The lowest BCUT2D eigenvalue weighted by Gasteiger charge is -2.36. The predicted octanol–water partition coefficient (Wildman–Crippen LogP) is 5.05. The van der Waals surface area contributed by atoms with Gasteiger partial charge < -0.3 is 14.6 Å². The van der Waals surface area contributed by atoms with Crippen molar-refractivity contribution < 1.29 is 24.2 Å². The molecule has 3 rings (SSSR count). The van der Waals surface area contributed by atoms with Crippen molar-refractivity contribution >= 4 is 11.9 Å². The number of benzene rings is 2. The zero-order chi connectivity index (χ0) is 23.6. The Morgan fingerprint density at radius 1 is 1.12 bits per heavy atom. The number of unbranched alkanes of at least 4 members (excludes halogenated alkanes) is 1. The van der Waals surface area contributed by atoms with Crippen LogP contribution in [-0.4, -0.2) is 48.8 Å². The molecule has 6 nitrogen and oxygen atoms in total. The van der Waals surface area contributed by atoms with Gasteiger partial charge >= 0.3 is 11.9 Å². The van der Waals surface area contributed by atoms with E-state index in [4.69, 9.17) is 9.47 Å². The lowest BCUT2D eigenvalue weighted by molar-refractivity contribution is -0.143. The summed E-state index contributed by atoms with van der Waals surface area (Å²) in [5.41, 5.74) is 3.90. The Kier molecular flexibility index (Phi) is 9.31. The van der Waals surface area contributed by atoms with E-state index in [9.17, 15) is 14.7 Å². The van der Waals surface area contributed by atoms with Crippen molar-refractivity contribution in [1.82, 2.24) is 4.90 Å². The molecule has 0 aliphatic heterocycles. The molecular formula is C27H35NO5. The van der Waals surface area contributed by atoms with E-state index in [1.54, 1.807) is 13.2 Å². The Morgan fingerprint density at radius 3 is 2.70 bits per heavy atom. The summed E-state index contributed by atoms with van der Waals surface area (Å²) in [6, 6.07) is 13.9. The van der Waals surface area contributed by atoms with Crippen molar-refractivity contribution in [2.75, 3.05) is 26.8 Å². The summed E-state index contributed by atoms with van der Waals surface area (Å²) in [5, 5.41) is 9.39. The Morgan fingerprint density at radius 2 is 1.94 bits per heavy atom. The van der Waals surface area contributed by atoms with Crippen LogP contribution in [0.25, 0.3) is 0 Å². The van der Waals surface area contributed by atoms with Gasteiger partial charge in [0.05, 0.1) is 19.3 Å². The standard InChI is InChI=1S/C27H35NO5/c1-3-33-26(29)13-6-7-17-28(18-16-20-9-4-5-12-25(20)32-2)24-11-8-10-21-19-22(27(30)31)14-15-23(21)24/h4-5,9,12,14-15,19,24H,3,6-8,10-11,13,16-18H2,1-2H3,(H,30,31). The maximum Gasteiger partial charge on any atom is 0.335 e. The van der Waals surface area contributed by atoms with Gasteiger partial charge in [-0.2, -0.15) is 0 Å². The molecule has 0 spiro atoms. The number of hydrogen-bond donors (Lipinski definition) is 1. The smallest absolute Gasteiger partial charge is 0.335 e. The molecule has 1 aliphatic rings. The number of carbonyl (C=O) groups is 2. The highest BCUT2D eigenvalue weighted by molar-refractivity contribution is 5.88. The molecule has 0 bridgehead atoms. The molecule has 1 unspecified atom stereocenters. The SMILES string of the molecule is CCOC(=O)CCCCN(CCc1ccccc1OC)C1CCCc2cc(C(=O)O)ccc21. The molecule has 6 heteroatoms. The molecule has 2 aromatic rings. The van der Waals surface area contributed by atoms with Crippen LogP contribution in [0.3, 0.4) is 0 Å². The topological polar surface area (TPSA) is 76.1 Å². The van der Waals surface area contributed by atoms with E-state index in [1.165, 1.54) is 11.1 Å². The highest BCUT2D eigenvalue weighted by atomic mass is 16.5. The van der Waals surface area contributed by atoms with Crippen LogP contribution in [0, 0.1) is 0 Å². The predicted molar refractivity (Wildman–Crippen MR) is 128 cm³/mol. The van der Waals surface area contributed by atoms with E-state index >= 15 is 0 Å². The molecular weight excluding hydrogens is 418 g/mol. The molecule has 1 aliphatic carbocycles. The van der Waals surface area contributed by atoms with E-state index in [0.29, 0.717) is 18.6 Å². The summed E-state index contributed by atoms with van der Waals surface area (Å²) in [6.07, 6.45) is 6.00. The Bertz CT molecular complexity index is 942. The third kappa shape index (κ3) is 6.81. The van der Waals surface area contributed by atoms with Gasteiger partial charge in [0, 0.05) is 19.0 Å². The average Bonchev–Trinajstić information content (AvgIpc) is 2.83. The maximum atomic E-state index is 11.7. The first-order chi connectivity index (χ1) is 16.0. The molecule has 33 heavy (non-hydrogen) atoms. The van der Waals surface area contributed by atoms with Crippen LogP contribution in [0.2, 0.25) is 0 Å². The second-order valence-corrected chi connectivity index (χ2v) is 8.49. The van der Waals surface area contributed by atoms with Crippen LogP contribution in [-0.2, 0) is 22.4 Å². The quantitative estimate of drug-likeness (QED) is 0.358. The van der Waals surface area contributed by atoms with E-state index in [-0.39, 0.29) is 12.0 Å². The van der Waals surface area contributed by atoms with E-state index in [2.05, 4.69) is 11.0 Å². The van der Waals surface area contributed by atoms with Crippen molar-refractivity contribution in [3.63, 3.8) is 0 Å². The summed E-state index contributed by atoms with van der Waals surface area (Å²) in [6.45, 7) is 3.98. The number of nitrogens with zero attached hydrogens (tertiary/aromatic N) is 1. The highest BCUT2D eigenvalue weighted by Gasteiger charge is 2.26. The number of rotatable bonds is 12. The molecule has 0 heterocycles. The first-order valence-electron chi connectivity index (χ1n) is 11.9. The third-order valence-corrected chi connectivity index (χ3v) is 6.36. The second-order valence-electron chi connectivity index (χ2n) is 8.49. The van der Waals surface area contributed by atoms with E-state index in [1.807, 2.05) is 37.3 Å². The number of carboxylic acid groups (broad SMARTS) is 1. The highest BCUT2D eigenvalue weighted by Crippen LogP contribution is 2.35. The molecule has 0 radical (unpaired) electrons. The maximum absolute atomic E-state index is 11.7. The molecule has 178 valence electrons. The van der Waals surface area contributed by atoms with Gasteiger partial charge in [0.25, 0.3) is 0 Å².